The minimum absolute atomic E-state index is 0.213. The fourth-order valence-corrected chi connectivity index (χ4v) is 2.40. The predicted octanol–water partition coefficient (Wildman–Crippen LogP) is 3.26. The van der Waals surface area contributed by atoms with Gasteiger partial charge in [-0.3, -0.25) is 0 Å². The van der Waals surface area contributed by atoms with Crippen molar-refractivity contribution in [2.45, 2.75) is 19.8 Å². The van der Waals surface area contributed by atoms with Crippen molar-refractivity contribution in [2.24, 2.45) is 0 Å². The van der Waals surface area contributed by atoms with Crippen LogP contribution in [-0.4, -0.2) is 16.1 Å². The van der Waals surface area contributed by atoms with Crippen molar-refractivity contribution < 1.29 is 14.3 Å². The van der Waals surface area contributed by atoms with Gasteiger partial charge in [-0.15, -0.1) is 11.3 Å². The van der Waals surface area contributed by atoms with Crippen LogP contribution in [0.5, 0.6) is 0 Å². The highest BCUT2D eigenvalue weighted by atomic mass is 32.1. The van der Waals surface area contributed by atoms with Gasteiger partial charge in [0.1, 0.15) is 0 Å². The number of thiazole rings is 1. The number of carboxylic acid groups (broad SMARTS) is 1. The van der Waals surface area contributed by atoms with Crippen molar-refractivity contribution in [2.75, 3.05) is 0 Å². The minimum Gasteiger partial charge on any atom is -0.478 e. The van der Waals surface area contributed by atoms with Crippen molar-refractivity contribution in [3.05, 3.63) is 28.5 Å². The van der Waals surface area contributed by atoms with E-state index in [0.717, 1.165) is 5.01 Å². The van der Waals surface area contributed by atoms with Crippen LogP contribution in [-0.2, 0) is 0 Å². The number of carboxylic acids is 1. The van der Waals surface area contributed by atoms with E-state index in [1.165, 1.54) is 17.4 Å². The third-order valence-corrected chi connectivity index (χ3v) is 3.60. The Morgan fingerprint density at radius 3 is 2.75 bits per heavy atom. The molecule has 2 rings (SSSR count). The van der Waals surface area contributed by atoms with Gasteiger partial charge in [-0.1, -0.05) is 13.8 Å². The molecule has 0 atom stereocenters. The van der Waals surface area contributed by atoms with Crippen LogP contribution in [0.25, 0.3) is 10.2 Å². The molecule has 0 aliphatic rings. The molecule has 16 heavy (non-hydrogen) atoms. The maximum Gasteiger partial charge on any atom is 0.338 e. The molecule has 0 saturated heterocycles. The Labute approximate surface area is 95.6 Å². The summed E-state index contributed by atoms with van der Waals surface area (Å²) in [6.07, 6.45) is 0. The first-order chi connectivity index (χ1) is 7.50. The highest BCUT2D eigenvalue weighted by Crippen LogP contribution is 2.30. The number of carbonyl (C=O) groups is 1. The van der Waals surface area contributed by atoms with Crippen molar-refractivity contribution in [1.29, 1.82) is 0 Å². The molecule has 2 aromatic rings. The number of fused-ring (bicyclic) bond motifs is 1. The lowest BCUT2D eigenvalue weighted by Gasteiger charge is -1.96. The topological polar surface area (TPSA) is 50.2 Å². The number of halogens is 1. The van der Waals surface area contributed by atoms with Crippen LogP contribution in [0.1, 0.15) is 35.1 Å². The van der Waals surface area contributed by atoms with Gasteiger partial charge in [0.2, 0.25) is 0 Å². The lowest BCUT2D eigenvalue weighted by molar-refractivity contribution is 0.0692. The molecule has 0 amide bonds. The van der Waals surface area contributed by atoms with Gasteiger partial charge >= 0.3 is 5.97 Å². The van der Waals surface area contributed by atoms with Crippen molar-refractivity contribution in [1.82, 2.24) is 4.98 Å². The third kappa shape index (κ3) is 1.67. The zero-order chi connectivity index (χ0) is 11.9. The summed E-state index contributed by atoms with van der Waals surface area (Å²) in [4.78, 5) is 15.0. The van der Waals surface area contributed by atoms with Crippen LogP contribution in [0.4, 0.5) is 4.39 Å². The Kier molecular flexibility index (Phi) is 2.63. The van der Waals surface area contributed by atoms with E-state index in [9.17, 15) is 9.18 Å². The van der Waals surface area contributed by atoms with Crippen molar-refractivity contribution in [3.63, 3.8) is 0 Å². The monoisotopic (exact) mass is 239 g/mol. The largest absolute Gasteiger partial charge is 0.478 e. The molecule has 5 heteroatoms. The smallest absolute Gasteiger partial charge is 0.338 e. The molecule has 3 nitrogen and oxygen atoms in total. The molecule has 0 aliphatic heterocycles. The van der Waals surface area contributed by atoms with E-state index >= 15 is 0 Å². The molecule has 0 radical (unpaired) electrons. The summed E-state index contributed by atoms with van der Waals surface area (Å²) in [7, 11) is 0. The number of nitrogens with zero attached hydrogens (tertiary/aromatic N) is 1. The average molecular weight is 239 g/mol. The van der Waals surface area contributed by atoms with E-state index < -0.39 is 11.8 Å². The minimum atomic E-state index is -1.25. The Morgan fingerprint density at radius 1 is 1.50 bits per heavy atom. The molecule has 0 saturated carbocycles. The summed E-state index contributed by atoms with van der Waals surface area (Å²) in [5.41, 5.74) is 0.225. The maximum atomic E-state index is 13.8. The number of hydrogen-bond acceptors (Lipinski definition) is 3. The molecule has 0 bridgehead atoms. The quantitative estimate of drug-likeness (QED) is 0.875. The second kappa shape index (κ2) is 3.83. The molecule has 0 fully saturated rings. The molecule has 1 aromatic heterocycles. The molecular formula is C11H10FNO2S. The van der Waals surface area contributed by atoms with Crippen molar-refractivity contribution >= 4 is 27.5 Å². The number of aromatic carboxylic acids is 1. The first kappa shape index (κ1) is 11.0. The summed E-state index contributed by atoms with van der Waals surface area (Å²) in [5, 5.41) is 9.60. The van der Waals surface area contributed by atoms with Crippen LogP contribution in [0.3, 0.4) is 0 Å². The highest BCUT2D eigenvalue weighted by Gasteiger charge is 2.17. The molecule has 0 aliphatic carbocycles. The van der Waals surface area contributed by atoms with Gasteiger partial charge in [-0.2, -0.15) is 0 Å². The molecule has 84 valence electrons. The van der Waals surface area contributed by atoms with Crippen LogP contribution in [0.15, 0.2) is 12.1 Å². The SMILES string of the molecule is CC(C)c1nc2ccc(C(=O)O)c(F)c2s1. The van der Waals surface area contributed by atoms with E-state index in [-0.39, 0.29) is 11.5 Å². The van der Waals surface area contributed by atoms with Gasteiger partial charge in [0.25, 0.3) is 0 Å². The molecular weight excluding hydrogens is 229 g/mol. The van der Waals surface area contributed by atoms with Gasteiger partial charge in [0.05, 0.1) is 20.8 Å². The van der Waals surface area contributed by atoms with Crippen molar-refractivity contribution in [3.8, 4) is 0 Å². The predicted molar refractivity (Wildman–Crippen MR) is 60.6 cm³/mol. The summed E-state index contributed by atoms with van der Waals surface area (Å²) in [6, 6.07) is 2.80. The standard InChI is InChI=1S/C11H10FNO2S/c1-5(2)10-13-7-4-3-6(11(14)15)8(12)9(7)16-10/h3-5H,1-2H3,(H,14,15). The number of aromatic nitrogens is 1. The zero-order valence-electron chi connectivity index (χ0n) is 8.82. The second-order valence-corrected chi connectivity index (χ2v) is 4.82. The van der Waals surface area contributed by atoms with Crippen LogP contribution in [0, 0.1) is 5.82 Å². The molecule has 1 N–H and O–H groups in total. The Hall–Kier alpha value is -1.49. The van der Waals surface area contributed by atoms with Crippen LogP contribution < -0.4 is 0 Å². The maximum absolute atomic E-state index is 13.8. The van der Waals surface area contributed by atoms with E-state index in [2.05, 4.69) is 4.98 Å². The number of hydrogen-bond donors (Lipinski definition) is 1. The van der Waals surface area contributed by atoms with E-state index in [4.69, 9.17) is 5.11 Å². The lowest BCUT2D eigenvalue weighted by atomic mass is 10.2. The molecule has 1 aromatic carbocycles. The van der Waals surface area contributed by atoms with Gasteiger partial charge in [0, 0.05) is 5.92 Å². The van der Waals surface area contributed by atoms with Gasteiger partial charge in [0.15, 0.2) is 5.82 Å². The van der Waals surface area contributed by atoms with Crippen LogP contribution in [0.2, 0.25) is 0 Å². The molecule has 0 unspecified atom stereocenters. The van der Waals surface area contributed by atoms with Gasteiger partial charge in [-0.25, -0.2) is 14.2 Å². The molecule has 0 spiro atoms. The lowest BCUT2D eigenvalue weighted by Crippen LogP contribution is -1.99. The summed E-state index contributed by atoms with van der Waals surface area (Å²) in [5.74, 6) is -1.72. The van der Waals surface area contributed by atoms with Gasteiger partial charge < -0.3 is 5.11 Å². The zero-order valence-corrected chi connectivity index (χ0v) is 9.64. The number of rotatable bonds is 2. The fraction of sp³-hybridized carbons (Fsp3) is 0.273. The fourth-order valence-electron chi connectivity index (χ4n) is 1.39. The summed E-state index contributed by atoms with van der Waals surface area (Å²) in [6.45, 7) is 3.93. The Morgan fingerprint density at radius 2 is 2.19 bits per heavy atom. The van der Waals surface area contributed by atoms with Gasteiger partial charge in [-0.05, 0) is 12.1 Å². The highest BCUT2D eigenvalue weighted by molar-refractivity contribution is 7.18. The summed E-state index contributed by atoms with van der Waals surface area (Å²) >= 11 is 1.21. The average Bonchev–Trinajstić information content (AvgIpc) is 2.62. The van der Waals surface area contributed by atoms with E-state index in [0.29, 0.717) is 10.2 Å². The third-order valence-electron chi connectivity index (χ3n) is 2.24. The Bertz CT molecular complexity index is 562. The number of benzene rings is 1. The first-order valence-electron chi connectivity index (χ1n) is 4.83. The van der Waals surface area contributed by atoms with E-state index in [1.807, 2.05) is 13.8 Å². The molecule has 1 heterocycles. The Balaban J connectivity index is 2.69. The van der Waals surface area contributed by atoms with Crippen LogP contribution >= 0.6 is 11.3 Å². The van der Waals surface area contributed by atoms with E-state index in [1.54, 1.807) is 6.07 Å². The summed E-state index contributed by atoms with van der Waals surface area (Å²) < 4.78 is 14.1. The second-order valence-electron chi connectivity index (χ2n) is 3.79. The normalized spacial score (nSPS) is 11.2. The first-order valence-corrected chi connectivity index (χ1v) is 5.64.